The van der Waals surface area contributed by atoms with Gasteiger partial charge < -0.3 is 15.2 Å². The highest BCUT2D eigenvalue weighted by molar-refractivity contribution is 7.76. The van der Waals surface area contributed by atoms with Crippen LogP contribution in [0.3, 0.4) is 0 Å². The first-order valence-electron chi connectivity index (χ1n) is 9.26. The van der Waals surface area contributed by atoms with Crippen LogP contribution in [0, 0.1) is 5.92 Å². The number of carbonyl (C=O) groups is 1. The number of fused-ring (bicyclic) bond motifs is 1. The molecule has 0 bridgehead atoms. The van der Waals surface area contributed by atoms with Crippen molar-refractivity contribution in [2.24, 2.45) is 11.7 Å². The van der Waals surface area contributed by atoms with E-state index in [-0.39, 0.29) is 6.10 Å². The highest BCUT2D eigenvalue weighted by Gasteiger charge is 2.35. The number of benzene rings is 1. The van der Waals surface area contributed by atoms with Crippen molar-refractivity contribution in [2.45, 2.75) is 31.9 Å². The molecule has 4 rings (SSSR count). The van der Waals surface area contributed by atoms with Gasteiger partial charge in [-0.3, -0.25) is 9.78 Å². The van der Waals surface area contributed by atoms with Crippen molar-refractivity contribution in [3.8, 4) is 11.5 Å². The van der Waals surface area contributed by atoms with Crippen LogP contribution in [0.1, 0.15) is 53.4 Å². The second-order valence-electron chi connectivity index (χ2n) is 6.88. The Morgan fingerprint density at radius 3 is 3.00 bits per heavy atom. The summed E-state index contributed by atoms with van der Waals surface area (Å²) in [5, 5.41) is 0. The summed E-state index contributed by atoms with van der Waals surface area (Å²) in [5.74, 6) is 2.20. The third kappa shape index (κ3) is 3.89. The average molecular weight is 386 g/mol. The largest absolute Gasteiger partial charge is 0.485 e. The van der Waals surface area contributed by atoms with Crippen LogP contribution in [-0.4, -0.2) is 23.3 Å². The molecule has 2 aliphatic rings. The number of pyridine rings is 1. The maximum absolute atomic E-state index is 11.6. The van der Waals surface area contributed by atoms with Crippen molar-refractivity contribution in [1.29, 1.82) is 0 Å². The summed E-state index contributed by atoms with van der Waals surface area (Å²) in [5.41, 5.74) is 7.93. The number of aromatic nitrogens is 1. The molecule has 3 N–H and O–H groups in total. The molecule has 6 nitrogen and oxygen atoms in total. The summed E-state index contributed by atoms with van der Waals surface area (Å²) in [4.78, 5) is 16.0. The van der Waals surface area contributed by atoms with Gasteiger partial charge in [0.15, 0.2) is 17.6 Å². The molecule has 27 heavy (non-hydrogen) atoms. The lowest BCUT2D eigenvalue weighted by molar-refractivity contribution is 0.0861. The summed E-state index contributed by atoms with van der Waals surface area (Å²) in [7, 11) is 0. The van der Waals surface area contributed by atoms with E-state index in [2.05, 4.69) is 22.7 Å². The maximum atomic E-state index is 11.6. The fourth-order valence-corrected chi connectivity index (χ4v) is 4.10. The third-order valence-electron chi connectivity index (χ3n) is 4.89. The molecule has 0 saturated heterocycles. The van der Waals surface area contributed by atoms with Crippen molar-refractivity contribution >= 4 is 17.9 Å². The predicted octanol–water partition coefficient (Wildman–Crippen LogP) is 2.48. The molecular weight excluding hydrogens is 362 g/mol. The number of ether oxygens (including phenoxy) is 2. The van der Waals surface area contributed by atoms with E-state index in [1.807, 2.05) is 12.4 Å². The zero-order valence-electron chi connectivity index (χ0n) is 15.2. The molecular formula is C20H24N3O3S+. The third-order valence-corrected chi connectivity index (χ3v) is 5.66. The first-order chi connectivity index (χ1) is 13.2. The number of carbonyl (C=O) groups excluding carboxylic acids is 1. The van der Waals surface area contributed by atoms with E-state index in [0.717, 1.165) is 11.3 Å². The van der Waals surface area contributed by atoms with Crippen molar-refractivity contribution in [3.63, 3.8) is 0 Å². The predicted molar refractivity (Wildman–Crippen MR) is 106 cm³/mol. The minimum absolute atomic E-state index is 0.267. The van der Waals surface area contributed by atoms with Crippen molar-refractivity contribution in [1.82, 2.24) is 9.71 Å². The van der Waals surface area contributed by atoms with Crippen molar-refractivity contribution < 1.29 is 14.3 Å². The number of nitrogens with one attached hydrogen (secondary N) is 1. The lowest BCUT2D eigenvalue weighted by atomic mass is 10.0. The van der Waals surface area contributed by atoms with Gasteiger partial charge in [0.1, 0.15) is 12.4 Å². The van der Waals surface area contributed by atoms with Gasteiger partial charge in [0, 0.05) is 18.0 Å². The molecule has 142 valence electrons. The van der Waals surface area contributed by atoms with Gasteiger partial charge in [0.25, 0.3) is 5.91 Å². The molecule has 2 heterocycles. The quantitative estimate of drug-likeness (QED) is 0.564. The molecule has 2 aromatic rings. The highest BCUT2D eigenvalue weighted by atomic mass is 32.2. The summed E-state index contributed by atoms with van der Waals surface area (Å²) in [6, 6.07) is 7.67. The number of amides is 1. The summed E-state index contributed by atoms with van der Waals surface area (Å²) in [6.45, 7) is 2.48. The van der Waals surface area contributed by atoms with E-state index in [4.69, 9.17) is 15.2 Å². The Morgan fingerprint density at radius 1 is 1.41 bits per heavy atom. The number of primary amides is 1. The molecule has 7 heteroatoms. The van der Waals surface area contributed by atoms with E-state index in [0.29, 0.717) is 35.6 Å². The number of hydrogen-bond acceptors (Lipinski definition) is 5. The van der Waals surface area contributed by atoms with Gasteiger partial charge in [-0.1, -0.05) is 6.07 Å². The van der Waals surface area contributed by atoms with Crippen LogP contribution in [0.15, 0.2) is 36.7 Å². The molecule has 1 aliphatic carbocycles. The van der Waals surface area contributed by atoms with Crippen molar-refractivity contribution in [2.75, 3.05) is 12.4 Å². The van der Waals surface area contributed by atoms with Gasteiger partial charge >= 0.3 is 0 Å². The van der Waals surface area contributed by atoms with Crippen LogP contribution < -0.4 is 19.9 Å². The Bertz CT molecular complexity index is 841. The second kappa shape index (κ2) is 7.78. The van der Waals surface area contributed by atoms with Crippen LogP contribution >= 0.6 is 0 Å². The Hall–Kier alpha value is -2.25. The fraction of sp³-hybridized carbons (Fsp3) is 0.400. The lowest BCUT2D eigenvalue weighted by Crippen LogP contribution is -2.26. The van der Waals surface area contributed by atoms with Crippen LogP contribution in [0.2, 0.25) is 0 Å². The van der Waals surface area contributed by atoms with Gasteiger partial charge in [0.2, 0.25) is 0 Å². The first kappa shape index (κ1) is 18.1. The molecule has 1 aliphatic heterocycles. The first-order valence-corrected chi connectivity index (χ1v) is 10.3. The van der Waals surface area contributed by atoms with Gasteiger partial charge in [-0.05, 0) is 49.4 Å². The smallest absolute Gasteiger partial charge is 0.252 e. The van der Waals surface area contributed by atoms with Crippen LogP contribution in [0.25, 0.3) is 0 Å². The second-order valence-corrected chi connectivity index (χ2v) is 8.09. The molecule has 1 saturated carbocycles. The molecule has 1 amide bonds. The number of para-hydroxylation sites is 1. The number of nitrogens with two attached hydrogens (primary N) is 1. The maximum Gasteiger partial charge on any atom is 0.252 e. The van der Waals surface area contributed by atoms with Gasteiger partial charge in [-0.2, -0.15) is 0 Å². The van der Waals surface area contributed by atoms with E-state index in [1.165, 1.54) is 30.4 Å². The highest BCUT2D eigenvalue weighted by Crippen LogP contribution is 2.42. The lowest BCUT2D eigenvalue weighted by Gasteiger charge is -2.28. The zero-order valence-corrected chi connectivity index (χ0v) is 16.1. The molecule has 2 unspecified atom stereocenters. The van der Waals surface area contributed by atoms with E-state index < -0.39 is 5.91 Å². The summed E-state index contributed by atoms with van der Waals surface area (Å²) < 4.78 is 15.6. The van der Waals surface area contributed by atoms with Gasteiger partial charge in [-0.25, -0.2) is 0 Å². The Morgan fingerprint density at radius 2 is 2.26 bits per heavy atom. The standard InChI is InChI=1S/C20H23N3O3S/c1-2-27-23-18(12-6-7-12)14-8-13(9-22-10-14)17-11-25-19-15(20(21)24)4-3-5-16(19)26-17/h3-5,8-10,12,17-18,23H,2,6-7,11H2,1H3,(H2,21,24)/p+1. The minimum Gasteiger partial charge on any atom is -0.485 e. The number of thiol groups is 1. The number of nitrogens with zero attached hydrogens (tertiary/aromatic N) is 1. The average Bonchev–Trinajstić information content (AvgIpc) is 3.52. The topological polar surface area (TPSA) is 86.5 Å². The van der Waals surface area contributed by atoms with Gasteiger partial charge in [0.05, 0.1) is 23.6 Å². The minimum atomic E-state index is -0.522. The Kier molecular flexibility index (Phi) is 5.22. The molecule has 1 aromatic heterocycles. The monoisotopic (exact) mass is 386 g/mol. The fourth-order valence-electron chi connectivity index (χ4n) is 3.36. The van der Waals surface area contributed by atoms with Crippen LogP contribution in [-0.2, 0) is 11.9 Å². The Balaban J connectivity index is 1.56. The van der Waals surface area contributed by atoms with E-state index >= 15 is 0 Å². The van der Waals surface area contributed by atoms with E-state index in [1.54, 1.807) is 18.2 Å². The molecule has 0 spiro atoms. The zero-order chi connectivity index (χ0) is 18.8. The Labute approximate surface area is 163 Å². The number of rotatable bonds is 7. The summed E-state index contributed by atoms with van der Waals surface area (Å²) >= 11 is 1.24. The normalized spacial score (nSPS) is 19.5. The molecule has 1 aromatic carbocycles. The molecule has 0 radical (unpaired) electrons. The molecule has 2 atom stereocenters. The van der Waals surface area contributed by atoms with E-state index in [9.17, 15) is 4.79 Å². The van der Waals surface area contributed by atoms with Crippen LogP contribution in [0.5, 0.6) is 11.5 Å². The molecule has 1 fully saturated rings. The summed E-state index contributed by atoms with van der Waals surface area (Å²) in [6.07, 6.45) is 6.01. The van der Waals surface area contributed by atoms with Crippen LogP contribution in [0.4, 0.5) is 0 Å². The van der Waals surface area contributed by atoms with Gasteiger partial charge in [-0.15, -0.1) is 4.72 Å². The number of hydrogen-bond donors (Lipinski definition) is 2. The van der Waals surface area contributed by atoms with Crippen molar-refractivity contribution in [3.05, 3.63) is 53.3 Å². The SMILES string of the molecule is CC[SH+]NC(c1cncc(C2COc3c(cccc3C(N)=O)O2)c1)C1CC1.